The van der Waals surface area contributed by atoms with Crippen molar-refractivity contribution in [3.63, 3.8) is 0 Å². The SMILES string of the molecule is C=CCNC(=O)C(C)Oc1cccc(Cl)c1CNC1CC1. The lowest BCUT2D eigenvalue weighted by Crippen LogP contribution is -2.36. The molecule has 1 aromatic carbocycles. The fourth-order valence-corrected chi connectivity index (χ4v) is 2.15. The van der Waals surface area contributed by atoms with Crippen LogP contribution < -0.4 is 15.4 Å². The molecule has 0 aromatic heterocycles. The van der Waals surface area contributed by atoms with E-state index in [1.54, 1.807) is 13.0 Å². The molecule has 5 heteroatoms. The molecule has 1 fully saturated rings. The van der Waals surface area contributed by atoms with E-state index in [1.165, 1.54) is 12.8 Å². The van der Waals surface area contributed by atoms with E-state index in [0.29, 0.717) is 29.9 Å². The van der Waals surface area contributed by atoms with Crippen LogP contribution in [0.3, 0.4) is 0 Å². The van der Waals surface area contributed by atoms with Crippen LogP contribution in [-0.4, -0.2) is 24.6 Å². The average molecular weight is 309 g/mol. The van der Waals surface area contributed by atoms with Gasteiger partial charge in [-0.05, 0) is 31.9 Å². The number of halogens is 1. The number of carbonyl (C=O) groups is 1. The van der Waals surface area contributed by atoms with Gasteiger partial charge >= 0.3 is 0 Å². The summed E-state index contributed by atoms with van der Waals surface area (Å²) in [7, 11) is 0. The van der Waals surface area contributed by atoms with Gasteiger partial charge in [0.2, 0.25) is 0 Å². The highest BCUT2D eigenvalue weighted by Crippen LogP contribution is 2.28. The molecule has 0 spiro atoms. The van der Waals surface area contributed by atoms with Gasteiger partial charge < -0.3 is 15.4 Å². The Labute approximate surface area is 130 Å². The van der Waals surface area contributed by atoms with E-state index in [9.17, 15) is 4.79 Å². The summed E-state index contributed by atoms with van der Waals surface area (Å²) in [6.07, 6.45) is 3.47. The van der Waals surface area contributed by atoms with E-state index in [1.807, 2.05) is 18.2 Å². The zero-order valence-electron chi connectivity index (χ0n) is 12.2. The smallest absolute Gasteiger partial charge is 0.261 e. The van der Waals surface area contributed by atoms with Crippen molar-refractivity contribution in [3.05, 3.63) is 41.4 Å². The van der Waals surface area contributed by atoms with Gasteiger partial charge in [-0.2, -0.15) is 0 Å². The van der Waals surface area contributed by atoms with Crippen molar-refractivity contribution < 1.29 is 9.53 Å². The van der Waals surface area contributed by atoms with Crippen LogP contribution in [0.4, 0.5) is 0 Å². The van der Waals surface area contributed by atoms with Gasteiger partial charge in [0, 0.05) is 29.7 Å². The Morgan fingerprint density at radius 3 is 3.00 bits per heavy atom. The molecule has 1 unspecified atom stereocenters. The topological polar surface area (TPSA) is 50.4 Å². The highest BCUT2D eigenvalue weighted by atomic mass is 35.5. The number of amides is 1. The van der Waals surface area contributed by atoms with E-state index < -0.39 is 6.10 Å². The van der Waals surface area contributed by atoms with Crippen molar-refractivity contribution >= 4 is 17.5 Å². The van der Waals surface area contributed by atoms with Gasteiger partial charge in [-0.3, -0.25) is 4.79 Å². The molecule has 0 saturated heterocycles. The third-order valence-electron chi connectivity index (χ3n) is 3.31. The maximum Gasteiger partial charge on any atom is 0.261 e. The highest BCUT2D eigenvalue weighted by Gasteiger charge is 2.22. The van der Waals surface area contributed by atoms with E-state index in [0.717, 1.165) is 5.56 Å². The van der Waals surface area contributed by atoms with Crippen molar-refractivity contribution in [1.82, 2.24) is 10.6 Å². The van der Waals surface area contributed by atoms with E-state index >= 15 is 0 Å². The minimum atomic E-state index is -0.580. The number of ether oxygens (including phenoxy) is 1. The molecule has 0 bridgehead atoms. The fourth-order valence-electron chi connectivity index (χ4n) is 1.92. The second-order valence-electron chi connectivity index (χ2n) is 5.17. The van der Waals surface area contributed by atoms with Crippen molar-refractivity contribution in [3.8, 4) is 5.75 Å². The molecule has 0 aliphatic heterocycles. The summed E-state index contributed by atoms with van der Waals surface area (Å²) in [5.74, 6) is 0.480. The van der Waals surface area contributed by atoms with Crippen molar-refractivity contribution in [2.24, 2.45) is 0 Å². The molecule has 1 aromatic rings. The third-order valence-corrected chi connectivity index (χ3v) is 3.67. The lowest BCUT2D eigenvalue weighted by molar-refractivity contribution is -0.127. The summed E-state index contributed by atoms with van der Waals surface area (Å²) in [5, 5.41) is 6.78. The predicted octanol–water partition coefficient (Wildman–Crippen LogP) is 2.66. The molecular weight excluding hydrogens is 288 g/mol. The van der Waals surface area contributed by atoms with E-state index in [4.69, 9.17) is 16.3 Å². The fraction of sp³-hybridized carbons (Fsp3) is 0.438. The van der Waals surface area contributed by atoms with Crippen LogP contribution in [0.15, 0.2) is 30.9 Å². The maximum absolute atomic E-state index is 11.8. The molecule has 1 atom stereocenters. The van der Waals surface area contributed by atoms with E-state index in [-0.39, 0.29) is 5.91 Å². The van der Waals surface area contributed by atoms with Crippen LogP contribution >= 0.6 is 11.6 Å². The standard InChI is InChI=1S/C16H21ClN2O2/c1-3-9-18-16(20)11(2)21-15-6-4-5-14(17)13(15)10-19-12-7-8-12/h3-6,11-12,19H,1,7-10H2,2H3,(H,18,20). The number of hydrogen-bond donors (Lipinski definition) is 2. The van der Waals surface area contributed by atoms with Gasteiger partial charge in [-0.1, -0.05) is 23.7 Å². The first-order valence-electron chi connectivity index (χ1n) is 7.18. The number of rotatable bonds is 8. The summed E-state index contributed by atoms with van der Waals surface area (Å²) in [6.45, 7) is 6.37. The molecule has 1 aliphatic rings. The van der Waals surface area contributed by atoms with Gasteiger partial charge in [-0.15, -0.1) is 6.58 Å². The van der Waals surface area contributed by atoms with Crippen molar-refractivity contribution in [1.29, 1.82) is 0 Å². The zero-order chi connectivity index (χ0) is 15.2. The summed E-state index contributed by atoms with van der Waals surface area (Å²) in [4.78, 5) is 11.8. The van der Waals surface area contributed by atoms with Gasteiger partial charge in [0.1, 0.15) is 5.75 Å². The van der Waals surface area contributed by atoms with Crippen LogP contribution in [0, 0.1) is 0 Å². The third kappa shape index (κ3) is 4.76. The number of hydrogen-bond acceptors (Lipinski definition) is 3. The molecule has 0 heterocycles. The lowest BCUT2D eigenvalue weighted by Gasteiger charge is -2.18. The quantitative estimate of drug-likeness (QED) is 0.726. The highest BCUT2D eigenvalue weighted by molar-refractivity contribution is 6.31. The van der Waals surface area contributed by atoms with E-state index in [2.05, 4.69) is 17.2 Å². The Balaban J connectivity index is 2.01. The summed E-state index contributed by atoms with van der Waals surface area (Å²) < 4.78 is 5.77. The second kappa shape index (κ2) is 7.48. The monoisotopic (exact) mass is 308 g/mol. The second-order valence-corrected chi connectivity index (χ2v) is 5.57. The number of benzene rings is 1. The predicted molar refractivity (Wildman–Crippen MR) is 84.6 cm³/mol. The van der Waals surface area contributed by atoms with Crippen LogP contribution in [0.5, 0.6) is 5.75 Å². The average Bonchev–Trinajstić information content (AvgIpc) is 3.28. The molecule has 1 saturated carbocycles. The first kappa shape index (κ1) is 15.9. The van der Waals surface area contributed by atoms with Crippen LogP contribution in [0.1, 0.15) is 25.3 Å². The van der Waals surface area contributed by atoms with Crippen LogP contribution in [-0.2, 0) is 11.3 Å². The Kier molecular flexibility index (Phi) is 5.65. The molecule has 0 radical (unpaired) electrons. The van der Waals surface area contributed by atoms with Gasteiger partial charge in [0.05, 0.1) is 0 Å². The van der Waals surface area contributed by atoms with Crippen LogP contribution in [0.25, 0.3) is 0 Å². The summed E-state index contributed by atoms with van der Waals surface area (Å²) in [6, 6.07) is 6.09. The van der Waals surface area contributed by atoms with Gasteiger partial charge in [-0.25, -0.2) is 0 Å². The first-order chi connectivity index (χ1) is 10.1. The van der Waals surface area contributed by atoms with Gasteiger partial charge in [0.15, 0.2) is 6.10 Å². The maximum atomic E-state index is 11.8. The molecule has 21 heavy (non-hydrogen) atoms. The minimum absolute atomic E-state index is 0.170. The first-order valence-corrected chi connectivity index (χ1v) is 7.55. The number of carbonyl (C=O) groups excluding carboxylic acids is 1. The molecule has 2 N–H and O–H groups in total. The lowest BCUT2D eigenvalue weighted by atomic mass is 10.2. The van der Waals surface area contributed by atoms with Crippen LogP contribution in [0.2, 0.25) is 5.02 Å². The molecule has 4 nitrogen and oxygen atoms in total. The molecule has 114 valence electrons. The molecular formula is C16H21ClN2O2. The van der Waals surface area contributed by atoms with Crippen molar-refractivity contribution in [2.45, 2.75) is 38.5 Å². The Hall–Kier alpha value is -1.52. The Bertz CT molecular complexity index is 515. The molecule has 2 rings (SSSR count). The van der Waals surface area contributed by atoms with Crippen molar-refractivity contribution in [2.75, 3.05) is 6.54 Å². The zero-order valence-corrected chi connectivity index (χ0v) is 13.0. The molecule has 1 amide bonds. The molecule has 1 aliphatic carbocycles. The summed E-state index contributed by atoms with van der Waals surface area (Å²) in [5.41, 5.74) is 0.898. The Morgan fingerprint density at radius 2 is 2.33 bits per heavy atom. The Morgan fingerprint density at radius 1 is 1.57 bits per heavy atom. The normalized spacial score (nSPS) is 15.3. The number of nitrogens with one attached hydrogen (secondary N) is 2. The minimum Gasteiger partial charge on any atom is -0.481 e. The largest absolute Gasteiger partial charge is 0.481 e. The van der Waals surface area contributed by atoms with Gasteiger partial charge in [0.25, 0.3) is 5.91 Å². The summed E-state index contributed by atoms with van der Waals surface area (Å²) >= 11 is 6.25.